The molecule has 0 saturated carbocycles. The van der Waals surface area contributed by atoms with Crippen LogP contribution in [0.3, 0.4) is 0 Å². The van der Waals surface area contributed by atoms with E-state index >= 15 is 0 Å². The van der Waals surface area contributed by atoms with Crippen LogP contribution in [0.5, 0.6) is 0 Å². The van der Waals surface area contributed by atoms with Crippen molar-refractivity contribution in [2.45, 2.75) is 49.2 Å². The quantitative estimate of drug-likeness (QED) is 0.530. The molecule has 4 atom stereocenters. The minimum atomic E-state index is -4.00. The summed E-state index contributed by atoms with van der Waals surface area (Å²) in [4.78, 5) is 14.9. The zero-order valence-corrected chi connectivity index (χ0v) is 17.8. The molecule has 0 aromatic heterocycles. The maximum absolute atomic E-state index is 13.6. The van der Waals surface area contributed by atoms with Crippen molar-refractivity contribution in [3.63, 3.8) is 0 Å². The Morgan fingerprint density at radius 3 is 2.50 bits per heavy atom. The number of halogens is 2. The van der Waals surface area contributed by atoms with Crippen molar-refractivity contribution < 1.29 is 13.2 Å². The van der Waals surface area contributed by atoms with Crippen molar-refractivity contribution in [1.82, 2.24) is 9.21 Å². The first kappa shape index (κ1) is 21.2. The van der Waals surface area contributed by atoms with Crippen LogP contribution in [-0.2, 0) is 14.8 Å². The second kappa shape index (κ2) is 8.08. The topological polar surface area (TPSA) is 57.7 Å². The fourth-order valence-corrected chi connectivity index (χ4v) is 6.69. The molecule has 1 amide bonds. The van der Waals surface area contributed by atoms with Crippen LogP contribution in [0, 0.1) is 18.3 Å². The molecule has 1 aromatic carbocycles. The Bertz CT molecular complexity index is 921. The molecule has 0 radical (unpaired) electrons. The van der Waals surface area contributed by atoms with Crippen molar-refractivity contribution >= 4 is 39.1 Å². The summed E-state index contributed by atoms with van der Waals surface area (Å²) in [6.07, 6.45) is 9.12. The van der Waals surface area contributed by atoms with Crippen LogP contribution in [0.2, 0.25) is 10.0 Å². The molecule has 150 valence electrons. The second-order valence-corrected chi connectivity index (χ2v) is 9.90. The van der Waals surface area contributed by atoms with Gasteiger partial charge in [0, 0.05) is 28.5 Å². The molecule has 0 aliphatic carbocycles. The number of terminal acetylenes is 1. The number of sulfonamides is 1. The van der Waals surface area contributed by atoms with Gasteiger partial charge in [0.1, 0.15) is 6.04 Å². The molecule has 2 aliphatic heterocycles. The van der Waals surface area contributed by atoms with E-state index in [0.717, 1.165) is 6.42 Å². The van der Waals surface area contributed by atoms with E-state index < -0.39 is 22.1 Å². The summed E-state index contributed by atoms with van der Waals surface area (Å²) in [6, 6.07) is 2.58. The second-order valence-electron chi connectivity index (χ2n) is 7.19. The van der Waals surface area contributed by atoms with Crippen LogP contribution < -0.4 is 0 Å². The van der Waals surface area contributed by atoms with Gasteiger partial charge in [0.25, 0.3) is 0 Å². The van der Waals surface area contributed by atoms with E-state index in [9.17, 15) is 13.2 Å². The number of fused-ring (bicyclic) bond motifs is 2. The van der Waals surface area contributed by atoms with Gasteiger partial charge in [0.05, 0.1) is 10.9 Å². The van der Waals surface area contributed by atoms with E-state index in [-0.39, 0.29) is 32.8 Å². The van der Waals surface area contributed by atoms with Crippen molar-refractivity contribution in [3.05, 3.63) is 40.9 Å². The molecule has 8 heteroatoms. The van der Waals surface area contributed by atoms with Gasteiger partial charge in [-0.3, -0.25) is 4.79 Å². The molecule has 28 heavy (non-hydrogen) atoms. The minimum absolute atomic E-state index is 0.0176. The van der Waals surface area contributed by atoms with Crippen molar-refractivity contribution in [2.24, 2.45) is 5.92 Å². The first-order valence-electron chi connectivity index (χ1n) is 9.09. The highest BCUT2D eigenvalue weighted by Gasteiger charge is 2.50. The highest BCUT2D eigenvalue weighted by atomic mass is 35.5. The average Bonchev–Trinajstić information content (AvgIpc) is 2.73. The third-order valence-electron chi connectivity index (χ3n) is 5.50. The molecule has 0 N–H and O–H groups in total. The molecule has 2 heterocycles. The Hall–Kier alpha value is -1.52. The summed E-state index contributed by atoms with van der Waals surface area (Å²) in [5, 5.41) is 0.445. The number of amides is 1. The van der Waals surface area contributed by atoms with Gasteiger partial charge in [-0.1, -0.05) is 35.2 Å². The summed E-state index contributed by atoms with van der Waals surface area (Å²) in [5.41, 5.74) is 0. The fourth-order valence-electron chi connectivity index (χ4n) is 4.09. The molecule has 2 bridgehead atoms. The SMILES string of the molecule is C#C[C@H](C)N1C[C@H](C=C)[C@H]2CCC[C@@H](C1=O)N2S(=O)(=O)c1cc(Cl)cc(Cl)c1. The first-order chi connectivity index (χ1) is 13.2. The third-order valence-corrected chi connectivity index (χ3v) is 7.85. The van der Waals surface area contributed by atoms with E-state index in [1.807, 2.05) is 0 Å². The van der Waals surface area contributed by atoms with E-state index in [1.54, 1.807) is 17.9 Å². The van der Waals surface area contributed by atoms with Crippen LogP contribution in [-0.4, -0.2) is 48.2 Å². The number of hydrogen-bond donors (Lipinski definition) is 0. The molecule has 5 nitrogen and oxygen atoms in total. The van der Waals surface area contributed by atoms with Crippen LogP contribution in [0.4, 0.5) is 0 Å². The Labute approximate surface area is 176 Å². The van der Waals surface area contributed by atoms with Crippen LogP contribution in [0.1, 0.15) is 26.2 Å². The number of nitrogens with zero attached hydrogens (tertiary/aromatic N) is 2. The smallest absolute Gasteiger partial charge is 0.244 e. The highest BCUT2D eigenvalue weighted by Crippen LogP contribution is 2.38. The number of rotatable bonds is 4. The lowest BCUT2D eigenvalue weighted by atomic mass is 9.90. The third kappa shape index (κ3) is 3.69. The van der Waals surface area contributed by atoms with E-state index in [2.05, 4.69) is 12.5 Å². The molecular weight excluding hydrogens is 419 g/mol. The van der Waals surface area contributed by atoms with Gasteiger partial charge in [0.2, 0.25) is 15.9 Å². The Morgan fingerprint density at radius 2 is 1.93 bits per heavy atom. The maximum Gasteiger partial charge on any atom is 0.244 e. The van der Waals surface area contributed by atoms with E-state index in [1.165, 1.54) is 22.5 Å². The molecule has 1 aromatic rings. The lowest BCUT2D eigenvalue weighted by molar-refractivity contribution is -0.136. The van der Waals surface area contributed by atoms with Gasteiger partial charge in [-0.2, -0.15) is 4.31 Å². The first-order valence-corrected chi connectivity index (χ1v) is 11.3. The zero-order valence-electron chi connectivity index (χ0n) is 15.5. The van der Waals surface area contributed by atoms with Gasteiger partial charge in [-0.15, -0.1) is 13.0 Å². The summed E-state index contributed by atoms with van der Waals surface area (Å²) in [7, 11) is -4.00. The van der Waals surface area contributed by atoms with Gasteiger partial charge in [-0.05, 0) is 44.4 Å². The standard InChI is InChI=1S/C20H22Cl2N2O3S/c1-4-13(3)23-12-14(5-2)18-7-6-8-19(20(23)25)24(18)28(26,27)17-10-15(21)9-16(22)11-17/h1,5,9-11,13-14,18-19H,2,6-8,12H2,3H3/t13-,14-,18+,19-/m0/s1. The Morgan fingerprint density at radius 1 is 1.29 bits per heavy atom. The molecule has 0 spiro atoms. The number of hydrogen-bond acceptors (Lipinski definition) is 3. The summed E-state index contributed by atoms with van der Waals surface area (Å²) in [5.74, 6) is 2.09. The minimum Gasteiger partial charge on any atom is -0.327 e. The predicted molar refractivity (Wildman–Crippen MR) is 111 cm³/mol. The van der Waals surface area contributed by atoms with E-state index in [4.69, 9.17) is 29.6 Å². The largest absolute Gasteiger partial charge is 0.327 e. The van der Waals surface area contributed by atoms with Gasteiger partial charge in [0.15, 0.2) is 0 Å². The summed E-state index contributed by atoms with van der Waals surface area (Å²) >= 11 is 12.1. The Balaban J connectivity index is 2.14. The molecule has 3 rings (SSSR count). The fraction of sp³-hybridized carbons (Fsp3) is 0.450. The molecule has 0 unspecified atom stereocenters. The Kier molecular flexibility index (Phi) is 6.11. The molecule has 2 aliphatic rings. The highest BCUT2D eigenvalue weighted by molar-refractivity contribution is 7.89. The number of carbonyl (C=O) groups excluding carboxylic acids is 1. The van der Waals surface area contributed by atoms with Crippen molar-refractivity contribution in [3.8, 4) is 12.3 Å². The summed E-state index contributed by atoms with van der Waals surface area (Å²) in [6.45, 7) is 5.99. The maximum atomic E-state index is 13.6. The van der Waals surface area contributed by atoms with Crippen LogP contribution in [0.15, 0.2) is 35.7 Å². The van der Waals surface area contributed by atoms with Crippen LogP contribution >= 0.6 is 23.2 Å². The normalized spacial score (nSPS) is 27.0. The van der Waals surface area contributed by atoms with Crippen molar-refractivity contribution in [2.75, 3.05) is 6.54 Å². The average molecular weight is 441 g/mol. The van der Waals surface area contributed by atoms with Crippen molar-refractivity contribution in [1.29, 1.82) is 0 Å². The predicted octanol–water partition coefficient (Wildman–Crippen LogP) is 3.57. The van der Waals surface area contributed by atoms with Gasteiger partial charge in [-0.25, -0.2) is 8.42 Å². The van der Waals surface area contributed by atoms with Gasteiger partial charge >= 0.3 is 0 Å². The lowest BCUT2D eigenvalue weighted by Gasteiger charge is -2.40. The molecule has 2 saturated heterocycles. The summed E-state index contributed by atoms with van der Waals surface area (Å²) < 4.78 is 28.5. The molecular formula is C20H22Cl2N2O3S. The van der Waals surface area contributed by atoms with Crippen LogP contribution in [0.25, 0.3) is 0 Å². The number of piperidine rings is 1. The lowest BCUT2D eigenvalue weighted by Crippen LogP contribution is -2.55. The monoisotopic (exact) mass is 440 g/mol. The van der Waals surface area contributed by atoms with E-state index in [0.29, 0.717) is 19.4 Å². The molecule has 2 fully saturated rings. The number of benzene rings is 1. The zero-order chi connectivity index (χ0) is 20.6. The van der Waals surface area contributed by atoms with Gasteiger partial charge < -0.3 is 4.90 Å². The number of carbonyl (C=O) groups is 1.